The van der Waals surface area contributed by atoms with Gasteiger partial charge in [-0.1, -0.05) is 51.6 Å². The zero-order chi connectivity index (χ0) is 11.6. The van der Waals surface area contributed by atoms with Crippen LogP contribution in [-0.2, 0) is 0 Å². The highest BCUT2D eigenvalue weighted by Gasteiger charge is 2.42. The molecule has 0 heterocycles. The van der Waals surface area contributed by atoms with Crippen molar-refractivity contribution in [3.8, 4) is 0 Å². The summed E-state index contributed by atoms with van der Waals surface area (Å²) >= 11 is 7.53. The van der Waals surface area contributed by atoms with Crippen molar-refractivity contribution in [3.63, 3.8) is 0 Å². The highest BCUT2D eigenvalue weighted by Crippen LogP contribution is 2.53. The van der Waals surface area contributed by atoms with E-state index in [2.05, 4.69) is 38.8 Å². The Hall–Kier alpha value is 0.960. The van der Waals surface area contributed by atoms with Gasteiger partial charge in [0.25, 0.3) is 0 Å². The van der Waals surface area contributed by atoms with E-state index in [4.69, 9.17) is 0 Å². The minimum absolute atomic E-state index is 0.532. The maximum atomic E-state index is 3.76. The van der Waals surface area contributed by atoms with Crippen molar-refractivity contribution in [2.24, 2.45) is 23.2 Å². The van der Waals surface area contributed by atoms with Gasteiger partial charge in [0.05, 0.1) is 0 Å². The summed E-state index contributed by atoms with van der Waals surface area (Å²) in [6.07, 6.45) is 10.3. The van der Waals surface area contributed by atoms with Crippen molar-refractivity contribution in [1.29, 1.82) is 0 Å². The predicted octanol–water partition coefficient (Wildman–Crippen LogP) is 5.39. The molecule has 2 fully saturated rings. The summed E-state index contributed by atoms with van der Waals surface area (Å²) in [6.45, 7) is 2.32. The Morgan fingerprint density at radius 1 is 1.12 bits per heavy atom. The first kappa shape index (κ1) is 13.4. The number of rotatable bonds is 6. The molecule has 0 aromatic carbocycles. The first-order valence-corrected chi connectivity index (χ1v) is 9.09. The zero-order valence-electron chi connectivity index (χ0n) is 10.4. The average Bonchev–Trinajstić information content (AvgIpc) is 2.90. The molecule has 2 rings (SSSR count). The van der Waals surface area contributed by atoms with Crippen molar-refractivity contribution in [2.75, 3.05) is 10.7 Å². The van der Waals surface area contributed by atoms with E-state index in [1.807, 2.05) is 0 Å². The standard InChI is InChI=1S/C14H24Br2/c1-2-5-14(9-15,10-16)8-13-7-11-3-4-12(13)6-11/h11-13H,2-10H2,1H3. The summed E-state index contributed by atoms with van der Waals surface area (Å²) in [6, 6.07) is 0. The Labute approximate surface area is 117 Å². The molecule has 0 N–H and O–H groups in total. The third-order valence-electron chi connectivity index (χ3n) is 4.93. The molecule has 2 aliphatic carbocycles. The summed E-state index contributed by atoms with van der Waals surface area (Å²) in [7, 11) is 0. The second kappa shape index (κ2) is 5.73. The summed E-state index contributed by atoms with van der Waals surface area (Å²) in [5, 5.41) is 2.35. The molecule has 3 unspecified atom stereocenters. The van der Waals surface area contributed by atoms with Crippen molar-refractivity contribution in [3.05, 3.63) is 0 Å². The number of hydrogen-bond acceptors (Lipinski definition) is 0. The largest absolute Gasteiger partial charge is 0.0922 e. The number of halogens is 2. The van der Waals surface area contributed by atoms with Gasteiger partial charge in [0.1, 0.15) is 0 Å². The lowest BCUT2D eigenvalue weighted by Gasteiger charge is -2.35. The molecule has 0 amide bonds. The van der Waals surface area contributed by atoms with E-state index in [0.29, 0.717) is 5.41 Å². The molecule has 0 saturated heterocycles. The number of fused-ring (bicyclic) bond motifs is 2. The lowest BCUT2D eigenvalue weighted by atomic mass is 9.74. The molecule has 0 aromatic heterocycles. The van der Waals surface area contributed by atoms with Gasteiger partial charge < -0.3 is 0 Å². The van der Waals surface area contributed by atoms with Crippen molar-refractivity contribution in [2.45, 2.75) is 51.9 Å². The van der Waals surface area contributed by atoms with E-state index >= 15 is 0 Å². The van der Waals surface area contributed by atoms with E-state index in [0.717, 1.165) is 17.8 Å². The van der Waals surface area contributed by atoms with E-state index in [1.165, 1.54) is 49.2 Å². The fourth-order valence-electron chi connectivity index (χ4n) is 4.09. The van der Waals surface area contributed by atoms with Crippen LogP contribution in [0.3, 0.4) is 0 Å². The fourth-order valence-corrected chi connectivity index (χ4v) is 6.04. The SMILES string of the molecule is CCCC(CBr)(CBr)CC1CC2CCC1C2. The Balaban J connectivity index is 1.95. The number of hydrogen-bond donors (Lipinski definition) is 0. The fraction of sp³-hybridized carbons (Fsp3) is 1.00. The molecule has 0 aromatic rings. The molecule has 0 nitrogen and oxygen atoms in total. The van der Waals surface area contributed by atoms with Gasteiger partial charge in [0.15, 0.2) is 0 Å². The molecule has 2 heteroatoms. The van der Waals surface area contributed by atoms with Gasteiger partial charge >= 0.3 is 0 Å². The van der Waals surface area contributed by atoms with Gasteiger partial charge in [-0.25, -0.2) is 0 Å². The lowest BCUT2D eigenvalue weighted by Crippen LogP contribution is -2.29. The van der Waals surface area contributed by atoms with E-state index in [-0.39, 0.29) is 0 Å². The van der Waals surface area contributed by atoms with Crippen LogP contribution in [0.4, 0.5) is 0 Å². The van der Waals surface area contributed by atoms with Crippen LogP contribution in [0, 0.1) is 23.2 Å². The second-order valence-electron chi connectivity index (χ2n) is 6.16. The minimum Gasteiger partial charge on any atom is -0.0922 e. The van der Waals surface area contributed by atoms with E-state index in [9.17, 15) is 0 Å². The molecule has 16 heavy (non-hydrogen) atoms. The van der Waals surface area contributed by atoms with Gasteiger partial charge in [-0.2, -0.15) is 0 Å². The minimum atomic E-state index is 0.532. The Bertz CT molecular complexity index is 223. The van der Waals surface area contributed by atoms with Crippen LogP contribution in [-0.4, -0.2) is 10.7 Å². The highest BCUT2D eigenvalue weighted by molar-refractivity contribution is 9.09. The van der Waals surface area contributed by atoms with E-state index < -0.39 is 0 Å². The average molecular weight is 352 g/mol. The molecule has 94 valence electrons. The maximum Gasteiger partial charge on any atom is 0.00960 e. The van der Waals surface area contributed by atoms with Crippen LogP contribution in [0.15, 0.2) is 0 Å². The Morgan fingerprint density at radius 3 is 2.31 bits per heavy atom. The molecular weight excluding hydrogens is 328 g/mol. The summed E-state index contributed by atoms with van der Waals surface area (Å²) in [4.78, 5) is 0. The van der Waals surface area contributed by atoms with Crippen LogP contribution < -0.4 is 0 Å². The second-order valence-corrected chi connectivity index (χ2v) is 7.28. The Morgan fingerprint density at radius 2 is 1.88 bits per heavy atom. The van der Waals surface area contributed by atoms with Crippen LogP contribution in [0.2, 0.25) is 0 Å². The normalized spacial score (nSPS) is 33.6. The third-order valence-corrected chi connectivity index (χ3v) is 7.31. The summed E-state index contributed by atoms with van der Waals surface area (Å²) in [5.41, 5.74) is 0.532. The molecule has 3 atom stereocenters. The smallest absolute Gasteiger partial charge is 0.00960 e. The molecule has 0 aliphatic heterocycles. The van der Waals surface area contributed by atoms with E-state index in [1.54, 1.807) is 6.42 Å². The molecule has 2 bridgehead atoms. The topological polar surface area (TPSA) is 0 Å². The maximum absolute atomic E-state index is 3.76. The van der Waals surface area contributed by atoms with Crippen LogP contribution in [0.5, 0.6) is 0 Å². The van der Waals surface area contributed by atoms with Crippen LogP contribution >= 0.6 is 31.9 Å². The van der Waals surface area contributed by atoms with Crippen molar-refractivity contribution >= 4 is 31.9 Å². The Kier molecular flexibility index (Phi) is 4.80. The van der Waals surface area contributed by atoms with Gasteiger partial charge in [0.2, 0.25) is 0 Å². The van der Waals surface area contributed by atoms with Gasteiger partial charge in [-0.05, 0) is 55.3 Å². The monoisotopic (exact) mass is 350 g/mol. The third kappa shape index (κ3) is 2.68. The summed E-state index contributed by atoms with van der Waals surface area (Å²) < 4.78 is 0. The van der Waals surface area contributed by atoms with Crippen LogP contribution in [0.1, 0.15) is 51.9 Å². The number of alkyl halides is 2. The first-order valence-electron chi connectivity index (χ1n) is 6.85. The van der Waals surface area contributed by atoms with Crippen molar-refractivity contribution in [1.82, 2.24) is 0 Å². The molecule has 2 saturated carbocycles. The quantitative estimate of drug-likeness (QED) is 0.563. The molecular formula is C14H24Br2. The molecule has 0 spiro atoms. The summed E-state index contributed by atoms with van der Waals surface area (Å²) in [5.74, 6) is 3.22. The zero-order valence-corrected chi connectivity index (χ0v) is 13.5. The van der Waals surface area contributed by atoms with Gasteiger partial charge in [0, 0.05) is 10.7 Å². The van der Waals surface area contributed by atoms with Gasteiger partial charge in [-0.15, -0.1) is 0 Å². The predicted molar refractivity (Wildman–Crippen MR) is 78.5 cm³/mol. The molecule has 2 aliphatic rings. The van der Waals surface area contributed by atoms with Gasteiger partial charge in [-0.3, -0.25) is 0 Å². The van der Waals surface area contributed by atoms with Crippen molar-refractivity contribution < 1.29 is 0 Å². The lowest BCUT2D eigenvalue weighted by molar-refractivity contribution is 0.206. The van der Waals surface area contributed by atoms with Crippen LogP contribution in [0.25, 0.3) is 0 Å². The first-order chi connectivity index (χ1) is 7.73. The molecule has 0 radical (unpaired) electrons. The highest BCUT2D eigenvalue weighted by atomic mass is 79.9.